The molecule has 1 aromatic carbocycles. The van der Waals surface area contributed by atoms with Crippen molar-refractivity contribution in [3.63, 3.8) is 0 Å². The Balaban J connectivity index is 2.04. The largest absolute Gasteiger partial charge is 0.493 e. The first-order valence-corrected chi connectivity index (χ1v) is 8.92. The molecular formula is C17H25NO3S. The van der Waals surface area contributed by atoms with Crippen LogP contribution in [-0.4, -0.2) is 42.4 Å². The topological polar surface area (TPSA) is 38.8 Å². The van der Waals surface area contributed by atoms with E-state index >= 15 is 0 Å². The van der Waals surface area contributed by atoms with Crippen LogP contribution in [0.4, 0.5) is 0 Å². The van der Waals surface area contributed by atoms with Crippen molar-refractivity contribution >= 4 is 17.7 Å². The molecule has 1 fully saturated rings. The molecule has 0 aromatic heterocycles. The van der Waals surface area contributed by atoms with Gasteiger partial charge < -0.3 is 14.4 Å². The number of carbonyl (C=O) groups is 1. The fraction of sp³-hybridized carbons (Fsp3) is 0.588. The van der Waals surface area contributed by atoms with E-state index in [0.29, 0.717) is 19.0 Å². The fourth-order valence-electron chi connectivity index (χ4n) is 2.48. The van der Waals surface area contributed by atoms with Gasteiger partial charge >= 0.3 is 0 Å². The van der Waals surface area contributed by atoms with E-state index in [9.17, 15) is 4.79 Å². The van der Waals surface area contributed by atoms with E-state index in [1.165, 1.54) is 0 Å². The van der Waals surface area contributed by atoms with Gasteiger partial charge in [0.2, 0.25) is 5.91 Å². The number of benzene rings is 1. The minimum absolute atomic E-state index is 0.0503. The van der Waals surface area contributed by atoms with Gasteiger partial charge in [0, 0.05) is 18.7 Å². The third-order valence-electron chi connectivity index (χ3n) is 3.45. The highest BCUT2D eigenvalue weighted by atomic mass is 32.2. The lowest BCUT2D eigenvalue weighted by molar-refractivity contribution is -0.128. The Bertz CT molecular complexity index is 493. The first-order valence-electron chi connectivity index (χ1n) is 7.88. The van der Waals surface area contributed by atoms with Crippen LogP contribution in [0.2, 0.25) is 0 Å². The van der Waals surface area contributed by atoms with Crippen molar-refractivity contribution in [2.75, 3.05) is 25.5 Å². The second-order valence-electron chi connectivity index (χ2n) is 5.49. The van der Waals surface area contributed by atoms with Crippen molar-refractivity contribution in [2.45, 2.75) is 38.7 Å². The summed E-state index contributed by atoms with van der Waals surface area (Å²) in [7, 11) is 0. The van der Waals surface area contributed by atoms with Gasteiger partial charge in [0.1, 0.15) is 11.1 Å². The van der Waals surface area contributed by atoms with E-state index in [4.69, 9.17) is 9.47 Å². The maximum Gasteiger partial charge on any atom is 0.233 e. The van der Waals surface area contributed by atoms with Crippen LogP contribution in [0.5, 0.6) is 5.75 Å². The molecule has 2 rings (SSSR count). The Hall–Kier alpha value is -1.20. The normalized spacial score (nSPS) is 18.3. The van der Waals surface area contributed by atoms with E-state index in [-0.39, 0.29) is 17.4 Å². The second-order valence-corrected chi connectivity index (χ2v) is 6.56. The van der Waals surface area contributed by atoms with Gasteiger partial charge in [-0.1, -0.05) is 18.2 Å². The van der Waals surface area contributed by atoms with Crippen LogP contribution in [0.15, 0.2) is 24.3 Å². The van der Waals surface area contributed by atoms with Crippen molar-refractivity contribution in [2.24, 2.45) is 0 Å². The van der Waals surface area contributed by atoms with E-state index in [2.05, 4.69) is 6.07 Å². The average Bonchev–Trinajstić information content (AvgIpc) is 2.85. The molecule has 0 bridgehead atoms. The highest BCUT2D eigenvalue weighted by Gasteiger charge is 2.33. The van der Waals surface area contributed by atoms with Gasteiger partial charge in [-0.2, -0.15) is 0 Å². The number of para-hydroxylation sites is 1. The van der Waals surface area contributed by atoms with E-state index in [0.717, 1.165) is 24.3 Å². The number of thioether (sulfide) groups is 1. The molecular weight excluding hydrogens is 298 g/mol. The molecule has 0 spiro atoms. The average molecular weight is 323 g/mol. The molecule has 122 valence electrons. The zero-order valence-electron chi connectivity index (χ0n) is 13.6. The summed E-state index contributed by atoms with van der Waals surface area (Å²) < 4.78 is 11.3. The molecule has 1 heterocycles. The Morgan fingerprint density at radius 3 is 2.86 bits per heavy atom. The quantitative estimate of drug-likeness (QED) is 0.687. The summed E-state index contributed by atoms with van der Waals surface area (Å²) in [5.74, 6) is 1.61. The van der Waals surface area contributed by atoms with Crippen molar-refractivity contribution < 1.29 is 14.3 Å². The van der Waals surface area contributed by atoms with Crippen LogP contribution in [0, 0.1) is 0 Å². The number of amides is 1. The zero-order valence-corrected chi connectivity index (χ0v) is 14.4. The lowest BCUT2D eigenvalue weighted by atomic mass is 10.1. The Labute approximate surface area is 137 Å². The molecule has 1 amide bonds. The SMILES string of the molecule is CCOc1ccccc1C1SCC(=O)N1CCCOC(C)C. The second kappa shape index (κ2) is 8.44. The van der Waals surface area contributed by atoms with Crippen LogP contribution < -0.4 is 4.74 Å². The van der Waals surface area contributed by atoms with Gasteiger partial charge in [0.25, 0.3) is 0 Å². The molecule has 0 saturated carbocycles. The molecule has 5 heteroatoms. The summed E-state index contributed by atoms with van der Waals surface area (Å²) in [6.45, 7) is 8.07. The van der Waals surface area contributed by atoms with Gasteiger partial charge in [0.15, 0.2) is 0 Å². The summed E-state index contributed by atoms with van der Waals surface area (Å²) in [5.41, 5.74) is 1.09. The van der Waals surface area contributed by atoms with Crippen molar-refractivity contribution in [1.82, 2.24) is 4.90 Å². The van der Waals surface area contributed by atoms with E-state index in [1.807, 2.05) is 43.9 Å². The summed E-state index contributed by atoms with van der Waals surface area (Å²) in [5, 5.41) is 0.0503. The minimum atomic E-state index is 0.0503. The standard InChI is InChI=1S/C17H25NO3S/c1-4-20-15-9-6-5-8-14(15)17-18(16(19)12-22-17)10-7-11-21-13(2)3/h5-6,8-9,13,17H,4,7,10-12H2,1-3H3. The molecule has 0 radical (unpaired) electrons. The molecule has 1 atom stereocenters. The number of nitrogens with zero attached hydrogens (tertiary/aromatic N) is 1. The molecule has 0 aliphatic carbocycles. The predicted octanol–water partition coefficient (Wildman–Crippen LogP) is 3.47. The summed E-state index contributed by atoms with van der Waals surface area (Å²) in [6.07, 6.45) is 1.09. The van der Waals surface area contributed by atoms with Gasteiger partial charge in [-0.05, 0) is 33.3 Å². The van der Waals surface area contributed by atoms with Crippen LogP contribution in [0.1, 0.15) is 38.1 Å². The third-order valence-corrected chi connectivity index (χ3v) is 4.69. The highest BCUT2D eigenvalue weighted by Crippen LogP contribution is 2.42. The van der Waals surface area contributed by atoms with Gasteiger partial charge in [-0.3, -0.25) is 4.79 Å². The van der Waals surface area contributed by atoms with Crippen LogP contribution in [0.3, 0.4) is 0 Å². The molecule has 4 nitrogen and oxygen atoms in total. The maximum atomic E-state index is 12.2. The number of hydrogen-bond donors (Lipinski definition) is 0. The van der Waals surface area contributed by atoms with E-state index < -0.39 is 0 Å². The van der Waals surface area contributed by atoms with Crippen molar-refractivity contribution in [3.8, 4) is 5.75 Å². The summed E-state index contributed by atoms with van der Waals surface area (Å²) in [4.78, 5) is 14.1. The number of hydrogen-bond acceptors (Lipinski definition) is 4. The Morgan fingerprint density at radius 2 is 2.14 bits per heavy atom. The van der Waals surface area contributed by atoms with Crippen molar-refractivity contribution in [1.29, 1.82) is 0 Å². The number of ether oxygens (including phenoxy) is 2. The third kappa shape index (κ3) is 4.40. The fourth-order valence-corrected chi connectivity index (χ4v) is 3.72. The summed E-state index contributed by atoms with van der Waals surface area (Å²) in [6, 6.07) is 8.00. The van der Waals surface area contributed by atoms with E-state index in [1.54, 1.807) is 11.8 Å². The maximum absolute atomic E-state index is 12.2. The Kier molecular flexibility index (Phi) is 6.58. The molecule has 22 heavy (non-hydrogen) atoms. The monoisotopic (exact) mass is 323 g/mol. The minimum Gasteiger partial charge on any atom is -0.493 e. The van der Waals surface area contributed by atoms with Gasteiger partial charge in [0.05, 0.1) is 18.5 Å². The Morgan fingerprint density at radius 1 is 1.36 bits per heavy atom. The van der Waals surface area contributed by atoms with Gasteiger partial charge in [-0.15, -0.1) is 11.8 Å². The first-order chi connectivity index (χ1) is 10.6. The first kappa shape index (κ1) is 17.2. The number of rotatable bonds is 8. The summed E-state index contributed by atoms with van der Waals surface area (Å²) >= 11 is 1.67. The molecule has 1 unspecified atom stereocenters. The highest BCUT2D eigenvalue weighted by molar-refractivity contribution is 8.00. The molecule has 1 saturated heterocycles. The molecule has 1 aliphatic rings. The molecule has 0 N–H and O–H groups in total. The van der Waals surface area contributed by atoms with Crippen LogP contribution in [-0.2, 0) is 9.53 Å². The van der Waals surface area contributed by atoms with Crippen LogP contribution >= 0.6 is 11.8 Å². The molecule has 1 aliphatic heterocycles. The lowest BCUT2D eigenvalue weighted by Crippen LogP contribution is -2.30. The van der Waals surface area contributed by atoms with Crippen molar-refractivity contribution in [3.05, 3.63) is 29.8 Å². The predicted molar refractivity (Wildman–Crippen MR) is 90.2 cm³/mol. The lowest BCUT2D eigenvalue weighted by Gasteiger charge is -2.25. The zero-order chi connectivity index (χ0) is 15.9. The number of carbonyl (C=O) groups excluding carboxylic acids is 1. The molecule has 1 aromatic rings. The van der Waals surface area contributed by atoms with Gasteiger partial charge in [-0.25, -0.2) is 0 Å². The smallest absolute Gasteiger partial charge is 0.233 e. The van der Waals surface area contributed by atoms with Crippen LogP contribution in [0.25, 0.3) is 0 Å².